The summed E-state index contributed by atoms with van der Waals surface area (Å²) in [6.45, 7) is 0.154. The molecular formula is C13H12N4O2. The zero-order valence-corrected chi connectivity index (χ0v) is 10.1. The maximum absolute atomic E-state index is 12.3. The van der Waals surface area contributed by atoms with E-state index in [4.69, 9.17) is 0 Å². The summed E-state index contributed by atoms with van der Waals surface area (Å²) < 4.78 is 0. The van der Waals surface area contributed by atoms with Gasteiger partial charge in [0, 0.05) is 6.42 Å². The standard InChI is InChI=1S/C13H12N4O2/c18-12-6-10(9-4-2-1-3-5-9)13(19)17(12)7-11-14-8-15-16-11/h1-5,8,10H,6-7H2,(H,14,15,16). The van der Waals surface area contributed by atoms with Crippen LogP contribution in [0.3, 0.4) is 0 Å². The van der Waals surface area contributed by atoms with Crippen molar-refractivity contribution < 1.29 is 9.59 Å². The van der Waals surface area contributed by atoms with Crippen molar-refractivity contribution in [3.05, 3.63) is 48.0 Å². The topological polar surface area (TPSA) is 79.0 Å². The summed E-state index contributed by atoms with van der Waals surface area (Å²) in [4.78, 5) is 29.4. The van der Waals surface area contributed by atoms with E-state index in [2.05, 4.69) is 15.2 Å². The van der Waals surface area contributed by atoms with Gasteiger partial charge >= 0.3 is 0 Å². The minimum absolute atomic E-state index is 0.154. The van der Waals surface area contributed by atoms with Crippen LogP contribution in [0.25, 0.3) is 0 Å². The molecule has 1 aliphatic heterocycles. The summed E-state index contributed by atoms with van der Waals surface area (Å²) in [6.07, 6.45) is 1.58. The SMILES string of the molecule is O=C1CC(c2ccccc2)C(=O)N1Cc1ncn[nH]1. The number of carbonyl (C=O) groups excluding carboxylic acids is 2. The van der Waals surface area contributed by atoms with Crippen LogP contribution in [0.1, 0.15) is 23.7 Å². The third kappa shape index (κ3) is 2.12. The molecule has 6 heteroatoms. The Hall–Kier alpha value is -2.50. The second-order valence-electron chi connectivity index (χ2n) is 4.42. The average Bonchev–Trinajstić information content (AvgIpc) is 3.03. The molecule has 1 fully saturated rings. The van der Waals surface area contributed by atoms with Crippen LogP contribution in [-0.4, -0.2) is 31.9 Å². The first kappa shape index (κ1) is 11.6. The van der Waals surface area contributed by atoms with Crippen molar-refractivity contribution in [2.24, 2.45) is 0 Å². The molecule has 0 aliphatic carbocycles. The van der Waals surface area contributed by atoms with Crippen LogP contribution in [0.2, 0.25) is 0 Å². The average molecular weight is 256 g/mol. The summed E-state index contributed by atoms with van der Waals surface area (Å²) in [5.74, 6) is -0.213. The molecule has 96 valence electrons. The summed E-state index contributed by atoms with van der Waals surface area (Å²) in [7, 11) is 0. The maximum Gasteiger partial charge on any atom is 0.237 e. The van der Waals surface area contributed by atoms with Gasteiger partial charge in [-0.1, -0.05) is 30.3 Å². The van der Waals surface area contributed by atoms with E-state index in [1.54, 1.807) is 0 Å². The van der Waals surface area contributed by atoms with Gasteiger partial charge in [-0.15, -0.1) is 0 Å². The molecule has 19 heavy (non-hydrogen) atoms. The smallest absolute Gasteiger partial charge is 0.237 e. The fourth-order valence-corrected chi connectivity index (χ4v) is 2.25. The van der Waals surface area contributed by atoms with E-state index in [9.17, 15) is 9.59 Å². The number of benzene rings is 1. The molecule has 2 aromatic rings. The van der Waals surface area contributed by atoms with Crippen molar-refractivity contribution in [3.8, 4) is 0 Å². The van der Waals surface area contributed by atoms with Crippen molar-refractivity contribution in [2.45, 2.75) is 18.9 Å². The highest BCUT2D eigenvalue weighted by Crippen LogP contribution is 2.29. The van der Waals surface area contributed by atoms with Crippen molar-refractivity contribution in [3.63, 3.8) is 0 Å². The van der Waals surface area contributed by atoms with Crippen molar-refractivity contribution in [1.29, 1.82) is 0 Å². The molecule has 0 saturated carbocycles. The number of amides is 2. The van der Waals surface area contributed by atoms with Gasteiger partial charge in [-0.2, -0.15) is 5.10 Å². The van der Waals surface area contributed by atoms with E-state index in [1.165, 1.54) is 11.2 Å². The predicted molar refractivity (Wildman–Crippen MR) is 65.7 cm³/mol. The van der Waals surface area contributed by atoms with Gasteiger partial charge in [0.15, 0.2) is 0 Å². The summed E-state index contributed by atoms with van der Waals surface area (Å²) in [5.41, 5.74) is 0.876. The molecule has 0 radical (unpaired) electrons. The van der Waals surface area contributed by atoms with Gasteiger partial charge in [-0.05, 0) is 5.56 Å². The lowest BCUT2D eigenvalue weighted by molar-refractivity contribution is -0.139. The fraction of sp³-hybridized carbons (Fsp3) is 0.231. The zero-order valence-electron chi connectivity index (χ0n) is 10.1. The number of aromatic nitrogens is 3. The van der Waals surface area contributed by atoms with Gasteiger partial charge in [-0.3, -0.25) is 19.6 Å². The number of imide groups is 1. The molecule has 1 N–H and O–H groups in total. The molecule has 0 spiro atoms. The summed E-state index contributed by atoms with van der Waals surface area (Å²) >= 11 is 0. The molecule has 3 rings (SSSR count). The second kappa shape index (κ2) is 4.64. The number of aromatic amines is 1. The lowest BCUT2D eigenvalue weighted by Gasteiger charge is -2.13. The Morgan fingerprint density at radius 2 is 2.05 bits per heavy atom. The minimum Gasteiger partial charge on any atom is -0.274 e. The molecule has 0 bridgehead atoms. The van der Waals surface area contributed by atoms with Crippen molar-refractivity contribution in [2.75, 3.05) is 0 Å². The molecule has 1 unspecified atom stereocenters. The lowest BCUT2D eigenvalue weighted by atomic mass is 9.98. The Labute approximate surface area is 109 Å². The van der Waals surface area contributed by atoms with E-state index in [0.717, 1.165) is 5.56 Å². The molecule has 2 heterocycles. The largest absolute Gasteiger partial charge is 0.274 e. The first-order valence-electron chi connectivity index (χ1n) is 5.99. The van der Waals surface area contributed by atoms with Crippen molar-refractivity contribution in [1.82, 2.24) is 20.1 Å². The Morgan fingerprint density at radius 1 is 1.26 bits per heavy atom. The molecule has 1 aliphatic rings. The Kier molecular flexibility index (Phi) is 2.83. The van der Waals surface area contributed by atoms with E-state index < -0.39 is 0 Å². The Morgan fingerprint density at radius 3 is 2.74 bits per heavy atom. The van der Waals surface area contributed by atoms with E-state index >= 15 is 0 Å². The van der Waals surface area contributed by atoms with Crippen LogP contribution in [0, 0.1) is 0 Å². The fourth-order valence-electron chi connectivity index (χ4n) is 2.25. The van der Waals surface area contributed by atoms with Crippen LogP contribution in [0.5, 0.6) is 0 Å². The van der Waals surface area contributed by atoms with Gasteiger partial charge < -0.3 is 0 Å². The highest BCUT2D eigenvalue weighted by Gasteiger charge is 2.39. The lowest BCUT2D eigenvalue weighted by Crippen LogP contribution is -2.30. The van der Waals surface area contributed by atoms with Crippen molar-refractivity contribution >= 4 is 11.8 Å². The molecule has 2 amide bonds. The Bertz CT molecular complexity index is 594. The molecule has 1 saturated heterocycles. The Balaban J connectivity index is 1.81. The molecule has 1 aromatic heterocycles. The highest BCUT2D eigenvalue weighted by molar-refractivity contribution is 6.06. The van der Waals surface area contributed by atoms with Gasteiger partial charge in [0.25, 0.3) is 0 Å². The summed E-state index contributed by atoms with van der Waals surface area (Å²) in [6, 6.07) is 9.36. The highest BCUT2D eigenvalue weighted by atomic mass is 16.2. The maximum atomic E-state index is 12.3. The van der Waals surface area contributed by atoms with Crippen LogP contribution < -0.4 is 0 Å². The van der Waals surface area contributed by atoms with Gasteiger partial charge in [-0.25, -0.2) is 4.98 Å². The van der Waals surface area contributed by atoms with Gasteiger partial charge in [0.1, 0.15) is 12.2 Å². The number of rotatable bonds is 3. The minimum atomic E-state index is -0.378. The van der Waals surface area contributed by atoms with Gasteiger partial charge in [0.05, 0.1) is 12.5 Å². The first-order valence-corrected chi connectivity index (χ1v) is 5.99. The molecular weight excluding hydrogens is 244 g/mol. The van der Waals surface area contributed by atoms with Gasteiger partial charge in [0.2, 0.25) is 11.8 Å². The number of likely N-dealkylation sites (tertiary alicyclic amines) is 1. The van der Waals surface area contributed by atoms with E-state index in [1.807, 2.05) is 30.3 Å². The third-order valence-electron chi connectivity index (χ3n) is 3.22. The predicted octanol–water partition coefficient (Wildman–Crippen LogP) is 0.847. The van der Waals surface area contributed by atoms with Crippen LogP contribution in [0.15, 0.2) is 36.7 Å². The number of nitrogens with one attached hydrogen (secondary N) is 1. The van der Waals surface area contributed by atoms with Crippen LogP contribution in [-0.2, 0) is 16.1 Å². The zero-order chi connectivity index (χ0) is 13.2. The first-order chi connectivity index (χ1) is 9.25. The van der Waals surface area contributed by atoms with Crippen LogP contribution >= 0.6 is 0 Å². The van der Waals surface area contributed by atoms with E-state index in [-0.39, 0.29) is 30.7 Å². The molecule has 1 atom stereocenters. The second-order valence-corrected chi connectivity index (χ2v) is 4.42. The molecule has 6 nitrogen and oxygen atoms in total. The normalized spacial score (nSPS) is 19.2. The van der Waals surface area contributed by atoms with E-state index in [0.29, 0.717) is 5.82 Å². The number of H-pyrrole nitrogens is 1. The quantitative estimate of drug-likeness (QED) is 0.826. The summed E-state index contributed by atoms with van der Waals surface area (Å²) in [5, 5.41) is 6.36. The number of hydrogen-bond donors (Lipinski definition) is 1. The van der Waals surface area contributed by atoms with Crippen LogP contribution in [0.4, 0.5) is 0 Å². The number of hydrogen-bond acceptors (Lipinski definition) is 4. The number of nitrogens with zero attached hydrogens (tertiary/aromatic N) is 3. The molecule has 1 aromatic carbocycles. The monoisotopic (exact) mass is 256 g/mol. The third-order valence-corrected chi connectivity index (χ3v) is 3.22. The number of carbonyl (C=O) groups is 2.